The molecule has 0 saturated carbocycles. The van der Waals surface area contributed by atoms with E-state index in [4.69, 9.17) is 0 Å². The zero-order chi connectivity index (χ0) is 11.0. The van der Waals surface area contributed by atoms with Crippen molar-refractivity contribution in [3.05, 3.63) is 34.4 Å². The molecule has 0 aliphatic heterocycles. The number of fused-ring (bicyclic) bond motifs is 1. The van der Waals surface area contributed by atoms with Gasteiger partial charge in [-0.2, -0.15) is 0 Å². The maximum Gasteiger partial charge on any atom is 0.0567 e. The first-order chi connectivity index (χ1) is 7.11. The highest BCUT2D eigenvalue weighted by Gasteiger charge is 2.13. The SMILES string of the molecule is CC(O)Cc1c(Br)c2ccccc2n1C. The normalized spacial score (nSPS) is 13.3. The third-order valence-electron chi connectivity index (χ3n) is 2.65. The standard InChI is InChI=1S/C12H14BrNO/c1-8(15)7-11-12(13)9-5-3-4-6-10(9)14(11)2/h3-6,8,15H,7H2,1-2H3. The van der Waals surface area contributed by atoms with Gasteiger partial charge in [0.1, 0.15) is 0 Å². The van der Waals surface area contributed by atoms with Crippen LogP contribution in [0.4, 0.5) is 0 Å². The monoisotopic (exact) mass is 267 g/mol. The topological polar surface area (TPSA) is 25.2 Å². The van der Waals surface area contributed by atoms with E-state index in [1.807, 2.05) is 26.1 Å². The molecule has 0 aliphatic carbocycles. The van der Waals surface area contributed by atoms with Gasteiger partial charge in [-0.1, -0.05) is 18.2 Å². The molecule has 15 heavy (non-hydrogen) atoms. The van der Waals surface area contributed by atoms with Crippen molar-refractivity contribution in [3.63, 3.8) is 0 Å². The Morgan fingerprint density at radius 1 is 1.40 bits per heavy atom. The van der Waals surface area contributed by atoms with E-state index in [1.54, 1.807) is 0 Å². The van der Waals surface area contributed by atoms with Gasteiger partial charge in [0, 0.05) is 34.5 Å². The lowest BCUT2D eigenvalue weighted by molar-refractivity contribution is 0.193. The molecule has 3 heteroatoms. The number of aryl methyl sites for hydroxylation is 1. The number of aromatic nitrogens is 1. The fourth-order valence-electron chi connectivity index (χ4n) is 1.91. The Labute approximate surface area is 97.7 Å². The number of hydrogen-bond acceptors (Lipinski definition) is 1. The van der Waals surface area contributed by atoms with E-state index in [2.05, 4.69) is 32.6 Å². The highest BCUT2D eigenvalue weighted by atomic mass is 79.9. The highest BCUT2D eigenvalue weighted by Crippen LogP contribution is 2.30. The molecule has 2 nitrogen and oxygen atoms in total. The largest absolute Gasteiger partial charge is 0.393 e. The summed E-state index contributed by atoms with van der Waals surface area (Å²) >= 11 is 3.60. The average molecular weight is 268 g/mol. The van der Waals surface area contributed by atoms with Crippen LogP contribution in [0.3, 0.4) is 0 Å². The minimum atomic E-state index is -0.315. The number of halogens is 1. The molecule has 1 unspecified atom stereocenters. The molecular formula is C12H14BrNO. The third-order valence-corrected chi connectivity index (χ3v) is 3.53. The Hall–Kier alpha value is -0.800. The van der Waals surface area contributed by atoms with Gasteiger partial charge in [-0.05, 0) is 28.9 Å². The molecule has 0 bridgehead atoms. The summed E-state index contributed by atoms with van der Waals surface area (Å²) in [4.78, 5) is 0. The lowest BCUT2D eigenvalue weighted by atomic mass is 10.2. The van der Waals surface area contributed by atoms with Crippen LogP contribution in [0.25, 0.3) is 10.9 Å². The van der Waals surface area contributed by atoms with E-state index in [9.17, 15) is 5.11 Å². The number of aliphatic hydroxyl groups is 1. The van der Waals surface area contributed by atoms with E-state index in [1.165, 1.54) is 10.9 Å². The third kappa shape index (κ3) is 1.82. The van der Waals surface area contributed by atoms with Gasteiger partial charge >= 0.3 is 0 Å². The van der Waals surface area contributed by atoms with Crippen LogP contribution in [0.15, 0.2) is 28.7 Å². The van der Waals surface area contributed by atoms with Gasteiger partial charge in [0.15, 0.2) is 0 Å². The van der Waals surface area contributed by atoms with E-state index in [-0.39, 0.29) is 6.10 Å². The van der Waals surface area contributed by atoms with Crippen LogP contribution in [-0.2, 0) is 13.5 Å². The molecule has 1 aromatic heterocycles. The number of para-hydroxylation sites is 1. The molecule has 80 valence electrons. The van der Waals surface area contributed by atoms with Crippen molar-refractivity contribution in [1.82, 2.24) is 4.57 Å². The minimum absolute atomic E-state index is 0.315. The lowest BCUT2D eigenvalue weighted by Crippen LogP contribution is -2.08. The molecule has 0 amide bonds. The molecule has 0 fully saturated rings. The van der Waals surface area contributed by atoms with Crippen molar-refractivity contribution in [2.75, 3.05) is 0 Å². The molecule has 1 N–H and O–H groups in total. The summed E-state index contributed by atoms with van der Waals surface area (Å²) in [5.74, 6) is 0. The Morgan fingerprint density at radius 3 is 2.67 bits per heavy atom. The number of rotatable bonds is 2. The van der Waals surface area contributed by atoms with Gasteiger partial charge in [-0.25, -0.2) is 0 Å². The van der Waals surface area contributed by atoms with Crippen molar-refractivity contribution in [2.24, 2.45) is 7.05 Å². The first-order valence-corrected chi connectivity index (χ1v) is 5.80. The summed E-state index contributed by atoms with van der Waals surface area (Å²) < 4.78 is 3.23. The second-order valence-electron chi connectivity index (χ2n) is 3.89. The summed E-state index contributed by atoms with van der Waals surface area (Å²) in [5.41, 5.74) is 2.34. The molecule has 1 atom stereocenters. The molecule has 0 radical (unpaired) electrons. The zero-order valence-corrected chi connectivity index (χ0v) is 10.5. The van der Waals surface area contributed by atoms with E-state index >= 15 is 0 Å². The van der Waals surface area contributed by atoms with Crippen LogP contribution in [0.1, 0.15) is 12.6 Å². The van der Waals surface area contributed by atoms with Crippen LogP contribution in [0.5, 0.6) is 0 Å². The number of aliphatic hydroxyl groups excluding tert-OH is 1. The van der Waals surface area contributed by atoms with E-state index in [0.717, 1.165) is 10.2 Å². The molecule has 0 aliphatic rings. The predicted octanol–water partition coefficient (Wildman–Crippen LogP) is 2.86. The second kappa shape index (κ2) is 3.99. The fraction of sp³-hybridized carbons (Fsp3) is 0.333. The van der Waals surface area contributed by atoms with Gasteiger partial charge in [-0.15, -0.1) is 0 Å². The van der Waals surface area contributed by atoms with Gasteiger partial charge in [0.2, 0.25) is 0 Å². The number of benzene rings is 1. The average Bonchev–Trinajstić information content (AvgIpc) is 2.44. The van der Waals surface area contributed by atoms with E-state index in [0.29, 0.717) is 6.42 Å². The summed E-state index contributed by atoms with van der Waals surface area (Å²) in [6, 6.07) is 8.23. The van der Waals surface area contributed by atoms with Crippen molar-refractivity contribution in [2.45, 2.75) is 19.4 Å². The van der Waals surface area contributed by atoms with Gasteiger partial charge in [-0.3, -0.25) is 0 Å². The molecular weight excluding hydrogens is 254 g/mol. The fourth-order valence-corrected chi connectivity index (χ4v) is 2.67. The first-order valence-electron chi connectivity index (χ1n) is 5.01. The Balaban J connectivity index is 2.64. The number of nitrogens with zero attached hydrogens (tertiary/aromatic N) is 1. The molecule has 2 aromatic rings. The lowest BCUT2D eigenvalue weighted by Gasteiger charge is -2.06. The molecule has 0 saturated heterocycles. The minimum Gasteiger partial charge on any atom is -0.393 e. The van der Waals surface area contributed by atoms with E-state index < -0.39 is 0 Å². The van der Waals surface area contributed by atoms with Crippen LogP contribution >= 0.6 is 15.9 Å². The van der Waals surface area contributed by atoms with Crippen molar-refractivity contribution in [3.8, 4) is 0 Å². The first kappa shape index (κ1) is 10.7. The van der Waals surface area contributed by atoms with Crippen LogP contribution in [-0.4, -0.2) is 15.8 Å². The van der Waals surface area contributed by atoms with Crippen molar-refractivity contribution < 1.29 is 5.11 Å². The smallest absolute Gasteiger partial charge is 0.0567 e. The summed E-state index contributed by atoms with van der Waals surface area (Å²) in [7, 11) is 2.03. The Kier molecular flexibility index (Phi) is 2.85. The van der Waals surface area contributed by atoms with Crippen LogP contribution in [0, 0.1) is 0 Å². The number of hydrogen-bond donors (Lipinski definition) is 1. The molecule has 1 heterocycles. The van der Waals surface area contributed by atoms with Gasteiger partial charge < -0.3 is 9.67 Å². The summed E-state index contributed by atoms with van der Waals surface area (Å²) in [6.07, 6.45) is 0.357. The Bertz CT molecular complexity index is 449. The second-order valence-corrected chi connectivity index (χ2v) is 4.68. The maximum absolute atomic E-state index is 9.45. The molecule has 1 aromatic carbocycles. The van der Waals surface area contributed by atoms with Crippen molar-refractivity contribution in [1.29, 1.82) is 0 Å². The van der Waals surface area contributed by atoms with Gasteiger partial charge in [0.25, 0.3) is 0 Å². The molecule has 2 rings (SSSR count). The quantitative estimate of drug-likeness (QED) is 0.890. The van der Waals surface area contributed by atoms with Crippen molar-refractivity contribution >= 4 is 26.8 Å². The van der Waals surface area contributed by atoms with Crippen LogP contribution < -0.4 is 0 Å². The van der Waals surface area contributed by atoms with Gasteiger partial charge in [0.05, 0.1) is 6.10 Å². The Morgan fingerprint density at radius 2 is 2.07 bits per heavy atom. The predicted molar refractivity (Wildman–Crippen MR) is 66.0 cm³/mol. The summed E-state index contributed by atoms with van der Waals surface area (Å²) in [5, 5.41) is 10.6. The molecule has 0 spiro atoms. The maximum atomic E-state index is 9.45. The summed E-state index contributed by atoms with van der Waals surface area (Å²) in [6.45, 7) is 1.81. The van der Waals surface area contributed by atoms with Crippen LogP contribution in [0.2, 0.25) is 0 Å². The highest BCUT2D eigenvalue weighted by molar-refractivity contribution is 9.10. The zero-order valence-electron chi connectivity index (χ0n) is 8.87.